The van der Waals surface area contributed by atoms with E-state index in [1.165, 1.54) is 15.4 Å². The molecule has 1 aromatic heterocycles. The van der Waals surface area contributed by atoms with Gasteiger partial charge in [0, 0.05) is 24.2 Å². The van der Waals surface area contributed by atoms with Crippen molar-refractivity contribution in [3.05, 3.63) is 11.4 Å². The third-order valence-electron chi connectivity index (χ3n) is 7.98. The molecule has 2 aliphatic rings. The van der Waals surface area contributed by atoms with Gasteiger partial charge in [0.2, 0.25) is 10.0 Å². The number of hydrogen-bond donors (Lipinski definition) is 1. The fourth-order valence-electron chi connectivity index (χ4n) is 5.59. The maximum Gasteiger partial charge on any atom is 0.261 e. The van der Waals surface area contributed by atoms with Crippen molar-refractivity contribution in [1.82, 2.24) is 19.5 Å². The topological polar surface area (TPSA) is 96.7 Å². The lowest BCUT2D eigenvalue weighted by Gasteiger charge is -2.34. The molecule has 8 nitrogen and oxygen atoms in total. The lowest BCUT2D eigenvalue weighted by molar-refractivity contribution is -0.121. The van der Waals surface area contributed by atoms with E-state index in [4.69, 9.17) is 0 Å². The van der Waals surface area contributed by atoms with Gasteiger partial charge in [0.1, 0.15) is 11.4 Å². The zero-order chi connectivity index (χ0) is 23.9. The first-order chi connectivity index (χ1) is 14.9. The van der Waals surface area contributed by atoms with Crippen LogP contribution in [0.5, 0.6) is 0 Å². The Labute approximate surface area is 192 Å². The third kappa shape index (κ3) is 4.02. The summed E-state index contributed by atoms with van der Waals surface area (Å²) in [4.78, 5) is 12.9. The van der Waals surface area contributed by atoms with Gasteiger partial charge in [0.15, 0.2) is 0 Å². The summed E-state index contributed by atoms with van der Waals surface area (Å²) in [5, 5.41) is 8.88. The number of fused-ring (bicyclic) bond motifs is 2. The van der Waals surface area contributed by atoms with E-state index in [0.29, 0.717) is 30.4 Å². The van der Waals surface area contributed by atoms with Crippen LogP contribution in [-0.2, 0) is 21.4 Å². The summed E-state index contributed by atoms with van der Waals surface area (Å²) in [6.45, 7) is 15.0. The second kappa shape index (κ2) is 8.89. The molecular weight excluding hydrogens is 426 g/mol. The predicted octanol–water partition coefficient (Wildman–Crippen LogP) is 3.63. The van der Waals surface area contributed by atoms with Crippen molar-refractivity contribution in [2.45, 2.75) is 92.0 Å². The van der Waals surface area contributed by atoms with Gasteiger partial charge in [-0.3, -0.25) is 9.48 Å². The maximum absolute atomic E-state index is 13.3. The first-order valence-electron chi connectivity index (χ1n) is 11.8. The van der Waals surface area contributed by atoms with Crippen LogP contribution >= 0.6 is 0 Å². The lowest BCUT2D eigenvalue weighted by atomic mass is 9.70. The SMILES string of the molecule is CCCN(CCC)S(=O)(=O)c1c(C)nn(CC(=O)N/N=C2/CC3CCC2(C)C3(C)C)c1C. The molecule has 2 unspecified atom stereocenters. The van der Waals surface area contributed by atoms with E-state index in [9.17, 15) is 13.2 Å². The van der Waals surface area contributed by atoms with Gasteiger partial charge in [-0.05, 0) is 57.3 Å². The molecule has 0 spiro atoms. The molecule has 2 bridgehead atoms. The van der Waals surface area contributed by atoms with Crippen LogP contribution < -0.4 is 5.43 Å². The molecule has 32 heavy (non-hydrogen) atoms. The Morgan fingerprint density at radius 1 is 1.22 bits per heavy atom. The van der Waals surface area contributed by atoms with Crippen molar-refractivity contribution >= 4 is 21.6 Å². The molecule has 1 N–H and O–H groups in total. The highest BCUT2D eigenvalue weighted by molar-refractivity contribution is 7.89. The summed E-state index contributed by atoms with van der Waals surface area (Å²) in [5.41, 5.74) is 4.89. The van der Waals surface area contributed by atoms with Crippen molar-refractivity contribution in [3.63, 3.8) is 0 Å². The van der Waals surface area contributed by atoms with Crippen LogP contribution in [0.25, 0.3) is 0 Å². The van der Waals surface area contributed by atoms with Gasteiger partial charge in [-0.15, -0.1) is 0 Å². The number of hydrogen-bond acceptors (Lipinski definition) is 5. The Morgan fingerprint density at radius 2 is 1.84 bits per heavy atom. The Kier molecular flexibility index (Phi) is 6.92. The number of aromatic nitrogens is 2. The van der Waals surface area contributed by atoms with Crippen molar-refractivity contribution in [2.75, 3.05) is 13.1 Å². The van der Waals surface area contributed by atoms with E-state index < -0.39 is 10.0 Å². The Hall–Kier alpha value is -1.74. The smallest absolute Gasteiger partial charge is 0.261 e. The molecule has 9 heteroatoms. The largest absolute Gasteiger partial charge is 0.271 e. The van der Waals surface area contributed by atoms with Crippen LogP contribution in [0.4, 0.5) is 0 Å². The minimum atomic E-state index is -3.66. The number of carbonyl (C=O) groups is 1. The van der Waals surface area contributed by atoms with E-state index in [1.54, 1.807) is 13.8 Å². The predicted molar refractivity (Wildman–Crippen MR) is 126 cm³/mol. The maximum atomic E-state index is 13.3. The molecule has 2 fully saturated rings. The van der Waals surface area contributed by atoms with Gasteiger partial charge in [0.25, 0.3) is 5.91 Å². The quantitative estimate of drug-likeness (QED) is 0.563. The summed E-state index contributed by atoms with van der Waals surface area (Å²) >= 11 is 0. The van der Waals surface area contributed by atoms with Gasteiger partial charge < -0.3 is 0 Å². The Bertz CT molecular complexity index is 1010. The Balaban J connectivity index is 1.76. The standard InChI is InChI=1S/C23H39N5O3S/c1-8-12-27(13-9-2)32(30,31)21-16(3)26-28(17(21)4)15-20(29)25-24-19-14-18-10-11-23(19,7)22(18,5)6/h18H,8-15H2,1-7H3,(H,25,29)/b24-19-. The summed E-state index contributed by atoms with van der Waals surface area (Å²) in [6, 6.07) is 0. The van der Waals surface area contributed by atoms with Crippen molar-refractivity contribution < 1.29 is 13.2 Å². The third-order valence-corrected chi connectivity index (χ3v) is 10.1. The number of aryl methyl sites for hydroxylation is 1. The first kappa shape index (κ1) is 24.9. The highest BCUT2D eigenvalue weighted by Gasteiger charge is 2.60. The van der Waals surface area contributed by atoms with Gasteiger partial charge >= 0.3 is 0 Å². The molecule has 2 aliphatic carbocycles. The number of nitrogens with zero attached hydrogens (tertiary/aromatic N) is 4. The van der Waals surface area contributed by atoms with E-state index in [0.717, 1.165) is 31.4 Å². The van der Waals surface area contributed by atoms with E-state index in [1.807, 2.05) is 13.8 Å². The van der Waals surface area contributed by atoms with Crippen molar-refractivity contribution in [1.29, 1.82) is 0 Å². The fourth-order valence-corrected chi connectivity index (χ4v) is 7.58. The van der Waals surface area contributed by atoms with Crippen molar-refractivity contribution in [3.8, 4) is 0 Å². The van der Waals surface area contributed by atoms with E-state index in [-0.39, 0.29) is 28.2 Å². The molecule has 2 atom stereocenters. The second-order valence-corrected chi connectivity index (χ2v) is 12.0. The van der Waals surface area contributed by atoms with Gasteiger partial charge in [-0.1, -0.05) is 34.6 Å². The molecule has 3 rings (SSSR count). The number of carbonyl (C=O) groups excluding carboxylic acids is 1. The van der Waals surface area contributed by atoms with Crippen LogP contribution in [0.2, 0.25) is 0 Å². The number of sulfonamides is 1. The van der Waals surface area contributed by atoms with Crippen LogP contribution in [0, 0.1) is 30.6 Å². The minimum absolute atomic E-state index is 0.0203. The minimum Gasteiger partial charge on any atom is -0.271 e. The summed E-state index contributed by atoms with van der Waals surface area (Å²) in [6.07, 6.45) is 4.73. The Morgan fingerprint density at radius 3 is 2.34 bits per heavy atom. The highest BCUT2D eigenvalue weighted by atomic mass is 32.2. The number of nitrogens with one attached hydrogen (secondary N) is 1. The lowest BCUT2D eigenvalue weighted by Crippen LogP contribution is -2.35. The molecule has 1 heterocycles. The van der Waals surface area contributed by atoms with Gasteiger partial charge in [0.05, 0.1) is 11.4 Å². The molecular formula is C23H39N5O3S. The zero-order valence-corrected chi connectivity index (χ0v) is 21.5. The summed E-state index contributed by atoms with van der Waals surface area (Å²) in [7, 11) is -3.66. The molecule has 1 aromatic rings. The van der Waals surface area contributed by atoms with Gasteiger partial charge in [-0.2, -0.15) is 14.5 Å². The monoisotopic (exact) mass is 465 g/mol. The zero-order valence-electron chi connectivity index (χ0n) is 20.7. The van der Waals surface area contributed by atoms with Gasteiger partial charge in [-0.25, -0.2) is 13.8 Å². The molecule has 0 radical (unpaired) electrons. The van der Waals surface area contributed by atoms with Crippen LogP contribution in [0.15, 0.2) is 10.00 Å². The average Bonchev–Trinajstić information content (AvgIpc) is 3.19. The van der Waals surface area contributed by atoms with Crippen LogP contribution in [0.3, 0.4) is 0 Å². The molecule has 2 saturated carbocycles. The summed E-state index contributed by atoms with van der Waals surface area (Å²) in [5.74, 6) is 0.316. The second-order valence-electron chi connectivity index (χ2n) is 10.1. The highest BCUT2D eigenvalue weighted by Crippen LogP contribution is 2.63. The summed E-state index contributed by atoms with van der Waals surface area (Å²) < 4.78 is 29.5. The number of hydrazone groups is 1. The number of rotatable bonds is 9. The molecule has 0 aromatic carbocycles. The molecule has 0 saturated heterocycles. The number of amides is 1. The van der Waals surface area contributed by atoms with Crippen LogP contribution in [-0.4, -0.2) is 47.2 Å². The first-order valence-corrected chi connectivity index (χ1v) is 13.2. The van der Waals surface area contributed by atoms with Crippen LogP contribution in [0.1, 0.15) is 78.1 Å². The van der Waals surface area contributed by atoms with E-state index in [2.05, 4.69) is 36.4 Å². The van der Waals surface area contributed by atoms with Crippen molar-refractivity contribution in [2.24, 2.45) is 21.8 Å². The fraction of sp³-hybridized carbons (Fsp3) is 0.783. The van der Waals surface area contributed by atoms with E-state index >= 15 is 0 Å². The normalized spacial score (nSPS) is 25.8. The molecule has 0 aliphatic heterocycles. The molecule has 180 valence electrons. The molecule has 1 amide bonds. The average molecular weight is 466 g/mol.